The Hall–Kier alpha value is -1.39. The first-order valence-electron chi connectivity index (χ1n) is 19.0. The van der Waals surface area contributed by atoms with E-state index in [2.05, 4.69) is 26.0 Å². The largest absolute Gasteiger partial charge is 0.294 e. The van der Waals surface area contributed by atoms with Gasteiger partial charge >= 0.3 is 0 Å². The summed E-state index contributed by atoms with van der Waals surface area (Å²) >= 11 is 0. The topological polar surface area (TPSA) is 54.4 Å². The molecule has 0 unspecified atom stereocenters. The lowest BCUT2D eigenvalue weighted by molar-refractivity contribution is 0.483. The molecule has 0 bridgehead atoms. The van der Waals surface area contributed by atoms with Crippen molar-refractivity contribution in [1.29, 1.82) is 0 Å². The first-order chi connectivity index (χ1) is 21.5. The number of aryl methyl sites for hydroxylation is 2. The first-order valence-corrected chi connectivity index (χ1v) is 20.4. The molecule has 0 fully saturated rings. The van der Waals surface area contributed by atoms with Gasteiger partial charge in [-0.3, -0.25) is 4.55 Å². The van der Waals surface area contributed by atoms with Gasteiger partial charge in [0.05, 0.1) is 4.90 Å². The molecular formula is C40H68O3S. The molecule has 0 aliphatic carbocycles. The highest BCUT2D eigenvalue weighted by molar-refractivity contribution is 7.85. The predicted molar refractivity (Wildman–Crippen MR) is 193 cm³/mol. The quantitative estimate of drug-likeness (QED) is 0.0720. The molecule has 2 aromatic carbocycles. The summed E-state index contributed by atoms with van der Waals surface area (Å²) in [6.45, 7) is 4.56. The van der Waals surface area contributed by atoms with Crippen LogP contribution >= 0.6 is 0 Å². The summed E-state index contributed by atoms with van der Waals surface area (Å²) in [6, 6.07) is 9.68. The van der Waals surface area contributed by atoms with Crippen molar-refractivity contribution in [2.75, 3.05) is 0 Å². The van der Waals surface area contributed by atoms with E-state index in [0.29, 0.717) is 0 Å². The maximum absolute atomic E-state index is 11.9. The average molecular weight is 629 g/mol. The molecule has 0 heterocycles. The van der Waals surface area contributed by atoms with Crippen LogP contribution in [0.3, 0.4) is 0 Å². The van der Waals surface area contributed by atoms with Crippen LogP contribution in [0.25, 0.3) is 10.8 Å². The third-order valence-corrected chi connectivity index (χ3v) is 10.4. The standard InChI is InChI=1S/C40H68O3S/c1-3-5-7-9-11-13-15-17-19-21-23-25-27-29-36-31-32-37(40-35-38(44(41,42)43)33-34-39(36)40)30-28-26-24-22-20-18-16-14-12-10-8-6-4-2/h31-35H,3-30H2,1-2H3,(H,41,42,43). The molecule has 0 radical (unpaired) electrons. The Kier molecular flexibility index (Phi) is 21.9. The Balaban J connectivity index is 1.72. The van der Waals surface area contributed by atoms with E-state index in [4.69, 9.17) is 0 Å². The Morgan fingerprint density at radius 3 is 1.09 bits per heavy atom. The van der Waals surface area contributed by atoms with E-state index < -0.39 is 10.1 Å². The van der Waals surface area contributed by atoms with Gasteiger partial charge in [-0.1, -0.05) is 186 Å². The molecule has 0 atom stereocenters. The highest BCUT2D eigenvalue weighted by atomic mass is 32.2. The lowest BCUT2D eigenvalue weighted by atomic mass is 9.93. The van der Waals surface area contributed by atoms with Crippen LogP contribution in [-0.2, 0) is 23.0 Å². The van der Waals surface area contributed by atoms with Crippen molar-refractivity contribution in [2.24, 2.45) is 0 Å². The van der Waals surface area contributed by atoms with Crippen LogP contribution in [0.4, 0.5) is 0 Å². The van der Waals surface area contributed by atoms with E-state index >= 15 is 0 Å². The zero-order valence-electron chi connectivity index (χ0n) is 28.9. The Labute approximate surface area is 273 Å². The summed E-state index contributed by atoms with van der Waals surface area (Å²) in [5.74, 6) is 0. The van der Waals surface area contributed by atoms with E-state index in [0.717, 1.165) is 30.0 Å². The van der Waals surface area contributed by atoms with Crippen molar-refractivity contribution in [3.05, 3.63) is 41.5 Å². The van der Waals surface area contributed by atoms with Crippen LogP contribution in [0, 0.1) is 0 Å². The molecular weight excluding hydrogens is 561 g/mol. The zero-order chi connectivity index (χ0) is 31.7. The lowest BCUT2D eigenvalue weighted by Crippen LogP contribution is -2.00. The van der Waals surface area contributed by atoms with Crippen LogP contribution in [0.1, 0.15) is 192 Å². The van der Waals surface area contributed by atoms with Crippen molar-refractivity contribution >= 4 is 20.9 Å². The smallest absolute Gasteiger partial charge is 0.282 e. The molecule has 0 aliphatic heterocycles. The van der Waals surface area contributed by atoms with Crippen molar-refractivity contribution in [3.63, 3.8) is 0 Å². The van der Waals surface area contributed by atoms with Crippen LogP contribution in [-0.4, -0.2) is 13.0 Å². The van der Waals surface area contributed by atoms with E-state index in [1.165, 1.54) is 172 Å². The van der Waals surface area contributed by atoms with Gasteiger partial charge in [-0.15, -0.1) is 0 Å². The Bertz CT molecular complexity index is 1090. The van der Waals surface area contributed by atoms with Gasteiger partial charge in [0.25, 0.3) is 10.1 Å². The fourth-order valence-electron chi connectivity index (χ4n) is 6.71. The third kappa shape index (κ3) is 17.3. The Morgan fingerprint density at radius 1 is 0.432 bits per heavy atom. The number of unbranched alkanes of at least 4 members (excludes halogenated alkanes) is 24. The molecule has 0 saturated heterocycles. The molecule has 0 spiro atoms. The maximum Gasteiger partial charge on any atom is 0.294 e. The van der Waals surface area contributed by atoms with Gasteiger partial charge in [0.2, 0.25) is 0 Å². The van der Waals surface area contributed by atoms with Crippen molar-refractivity contribution in [2.45, 2.75) is 199 Å². The van der Waals surface area contributed by atoms with Gasteiger partial charge in [0.15, 0.2) is 0 Å². The summed E-state index contributed by atoms with van der Waals surface area (Å²) in [7, 11) is -4.21. The minimum absolute atomic E-state index is 0.00900. The maximum atomic E-state index is 11.9. The van der Waals surface area contributed by atoms with Crippen molar-refractivity contribution < 1.29 is 13.0 Å². The molecule has 2 aromatic rings. The third-order valence-electron chi connectivity index (χ3n) is 9.57. The molecule has 1 N–H and O–H groups in total. The van der Waals surface area contributed by atoms with Crippen LogP contribution in [0.5, 0.6) is 0 Å². The van der Waals surface area contributed by atoms with E-state index in [1.807, 2.05) is 6.07 Å². The van der Waals surface area contributed by atoms with Crippen molar-refractivity contribution in [3.8, 4) is 0 Å². The molecule has 0 saturated carbocycles. The van der Waals surface area contributed by atoms with Gasteiger partial charge in [-0.05, 0) is 59.7 Å². The van der Waals surface area contributed by atoms with Crippen LogP contribution in [0.15, 0.2) is 35.2 Å². The molecule has 252 valence electrons. The van der Waals surface area contributed by atoms with Gasteiger partial charge < -0.3 is 0 Å². The molecule has 0 amide bonds. The Morgan fingerprint density at radius 2 is 0.750 bits per heavy atom. The summed E-state index contributed by atoms with van der Waals surface area (Å²) in [6.07, 6.45) is 37.0. The lowest BCUT2D eigenvalue weighted by Gasteiger charge is -2.13. The molecule has 4 heteroatoms. The SMILES string of the molecule is CCCCCCCCCCCCCCCc1ccc(CCCCCCCCCCCCCCC)c2cc(S(=O)(=O)O)ccc12. The average Bonchev–Trinajstić information content (AvgIpc) is 3.01. The van der Waals surface area contributed by atoms with Crippen LogP contribution < -0.4 is 0 Å². The molecule has 44 heavy (non-hydrogen) atoms. The fourth-order valence-corrected chi connectivity index (χ4v) is 7.22. The highest BCUT2D eigenvalue weighted by Crippen LogP contribution is 2.29. The van der Waals surface area contributed by atoms with E-state index in [9.17, 15) is 13.0 Å². The zero-order valence-corrected chi connectivity index (χ0v) is 29.7. The molecule has 0 aromatic heterocycles. The normalized spacial score (nSPS) is 12.0. The number of benzene rings is 2. The number of fused-ring (bicyclic) bond motifs is 1. The summed E-state index contributed by atoms with van der Waals surface area (Å²) in [5, 5.41) is 2.16. The van der Waals surface area contributed by atoms with Crippen LogP contribution in [0.2, 0.25) is 0 Å². The summed E-state index contributed by atoms with van der Waals surface area (Å²) in [5.41, 5.74) is 2.52. The number of rotatable bonds is 29. The molecule has 2 rings (SSSR count). The number of hydrogen-bond donors (Lipinski definition) is 1. The summed E-state index contributed by atoms with van der Waals surface area (Å²) < 4.78 is 33.6. The van der Waals surface area contributed by atoms with Gasteiger partial charge in [-0.2, -0.15) is 8.42 Å². The van der Waals surface area contributed by atoms with Gasteiger partial charge in [0, 0.05) is 0 Å². The van der Waals surface area contributed by atoms with Crippen molar-refractivity contribution in [1.82, 2.24) is 0 Å². The van der Waals surface area contributed by atoms with Gasteiger partial charge in [0.1, 0.15) is 0 Å². The summed E-state index contributed by atoms with van der Waals surface area (Å²) in [4.78, 5) is 0.00900. The minimum atomic E-state index is -4.21. The minimum Gasteiger partial charge on any atom is -0.282 e. The fraction of sp³-hybridized carbons (Fsp3) is 0.750. The second-order valence-corrected chi connectivity index (χ2v) is 15.0. The second kappa shape index (κ2) is 24.8. The molecule has 0 aliphatic rings. The second-order valence-electron chi connectivity index (χ2n) is 13.6. The first kappa shape index (κ1) is 38.8. The molecule has 3 nitrogen and oxygen atoms in total. The van der Waals surface area contributed by atoms with E-state index in [-0.39, 0.29) is 4.90 Å². The monoisotopic (exact) mass is 628 g/mol. The number of hydrogen-bond acceptors (Lipinski definition) is 2. The highest BCUT2D eigenvalue weighted by Gasteiger charge is 2.13. The van der Waals surface area contributed by atoms with E-state index in [1.54, 1.807) is 12.1 Å². The predicted octanol–water partition coefficient (Wildman–Crippen LogP) is 13.4. The van der Waals surface area contributed by atoms with Gasteiger partial charge in [-0.25, -0.2) is 0 Å².